The molecule has 0 bridgehead atoms. The number of oxazole rings is 1. The van der Waals surface area contributed by atoms with Gasteiger partial charge in [0.1, 0.15) is 11.9 Å². The van der Waals surface area contributed by atoms with Gasteiger partial charge in [-0.1, -0.05) is 0 Å². The molecule has 1 saturated heterocycles. The van der Waals surface area contributed by atoms with E-state index in [2.05, 4.69) is 4.98 Å². The summed E-state index contributed by atoms with van der Waals surface area (Å²) < 4.78 is 38.7. The maximum absolute atomic E-state index is 12.7. The highest BCUT2D eigenvalue weighted by atomic mass is 32.2. The second-order valence-electron chi connectivity index (χ2n) is 5.81. The molecule has 0 unspecified atom stereocenters. The third kappa shape index (κ3) is 2.71. The molecule has 4 rings (SSSR count). The van der Waals surface area contributed by atoms with Crippen molar-refractivity contribution in [2.24, 2.45) is 7.05 Å². The molecule has 25 heavy (non-hydrogen) atoms. The van der Waals surface area contributed by atoms with Gasteiger partial charge in [0, 0.05) is 13.2 Å². The molecule has 9 heteroatoms. The first-order chi connectivity index (χ1) is 11.9. The summed E-state index contributed by atoms with van der Waals surface area (Å²) in [5, 5.41) is 0. The van der Waals surface area contributed by atoms with E-state index in [1.165, 1.54) is 34.1 Å². The average Bonchev–Trinajstić information content (AvgIpc) is 2.85. The fourth-order valence-electron chi connectivity index (χ4n) is 2.70. The van der Waals surface area contributed by atoms with Gasteiger partial charge in [-0.3, -0.25) is 9.55 Å². The fraction of sp³-hybridized carbons (Fsp3) is 0.250. The lowest BCUT2D eigenvalue weighted by atomic mass is 10.2. The number of nitrogens with zero attached hydrogens (tertiary/aromatic N) is 3. The number of aryl methyl sites for hydroxylation is 1. The predicted molar refractivity (Wildman–Crippen MR) is 88.9 cm³/mol. The van der Waals surface area contributed by atoms with Crippen molar-refractivity contribution in [1.29, 1.82) is 0 Å². The Kier molecular flexibility index (Phi) is 3.62. The van der Waals surface area contributed by atoms with Crippen LogP contribution >= 0.6 is 0 Å². The predicted octanol–water partition coefficient (Wildman–Crippen LogP) is 0.978. The van der Waals surface area contributed by atoms with Crippen LogP contribution in [0.5, 0.6) is 5.75 Å². The largest absolute Gasteiger partial charge is 0.486 e. The van der Waals surface area contributed by atoms with Crippen molar-refractivity contribution < 1.29 is 17.6 Å². The van der Waals surface area contributed by atoms with E-state index < -0.39 is 15.8 Å². The van der Waals surface area contributed by atoms with Gasteiger partial charge in [-0.05, 0) is 30.3 Å². The van der Waals surface area contributed by atoms with Crippen LogP contribution in [0.3, 0.4) is 0 Å². The van der Waals surface area contributed by atoms with Gasteiger partial charge in [-0.2, -0.15) is 4.31 Å². The van der Waals surface area contributed by atoms with Crippen molar-refractivity contribution in [3.05, 3.63) is 53.3 Å². The van der Waals surface area contributed by atoms with E-state index in [4.69, 9.17) is 9.15 Å². The monoisotopic (exact) mass is 361 g/mol. The summed E-state index contributed by atoms with van der Waals surface area (Å²) in [7, 11) is -2.11. The lowest BCUT2D eigenvalue weighted by Crippen LogP contribution is -2.55. The SMILES string of the molecule is Cn1c(=O)oc2ccc(S(=O)(=O)N3CC(Oc4cccnc4)C3)cc21. The Balaban J connectivity index is 1.53. The minimum Gasteiger partial charge on any atom is -0.486 e. The normalized spacial score (nSPS) is 16.0. The van der Waals surface area contributed by atoms with Gasteiger partial charge in [0.2, 0.25) is 10.0 Å². The maximum Gasteiger partial charge on any atom is 0.419 e. The number of benzene rings is 1. The lowest BCUT2D eigenvalue weighted by Gasteiger charge is -2.37. The van der Waals surface area contributed by atoms with Crippen LogP contribution in [-0.2, 0) is 17.1 Å². The first-order valence-corrected chi connectivity index (χ1v) is 9.05. The second kappa shape index (κ2) is 5.71. The molecule has 2 aromatic heterocycles. The zero-order valence-electron chi connectivity index (χ0n) is 13.3. The zero-order valence-corrected chi connectivity index (χ0v) is 14.1. The summed E-state index contributed by atoms with van der Waals surface area (Å²) in [6.45, 7) is 0.527. The van der Waals surface area contributed by atoms with Crippen LogP contribution < -0.4 is 10.5 Å². The highest BCUT2D eigenvalue weighted by Crippen LogP contribution is 2.26. The zero-order chi connectivity index (χ0) is 17.6. The molecule has 130 valence electrons. The molecule has 3 heterocycles. The number of hydrogen-bond donors (Lipinski definition) is 0. The van der Waals surface area contributed by atoms with Crippen LogP contribution in [0.4, 0.5) is 0 Å². The first-order valence-electron chi connectivity index (χ1n) is 7.61. The van der Waals surface area contributed by atoms with Crippen molar-refractivity contribution in [2.45, 2.75) is 11.0 Å². The smallest absolute Gasteiger partial charge is 0.419 e. The highest BCUT2D eigenvalue weighted by Gasteiger charge is 2.38. The van der Waals surface area contributed by atoms with Crippen LogP contribution in [0.15, 0.2) is 56.8 Å². The molecule has 0 saturated carbocycles. The molecule has 8 nitrogen and oxygen atoms in total. The van der Waals surface area contributed by atoms with Crippen LogP contribution in [0.25, 0.3) is 11.1 Å². The Morgan fingerprint density at radius 3 is 2.80 bits per heavy atom. The number of hydrogen-bond acceptors (Lipinski definition) is 6. The summed E-state index contributed by atoms with van der Waals surface area (Å²) in [6.07, 6.45) is 3.02. The molecule has 0 amide bonds. The summed E-state index contributed by atoms with van der Waals surface area (Å²) in [6, 6.07) is 7.91. The third-order valence-corrected chi connectivity index (χ3v) is 5.98. The first kappa shape index (κ1) is 15.9. The Bertz CT molecular complexity index is 1080. The Morgan fingerprint density at radius 1 is 1.28 bits per heavy atom. The molecule has 0 N–H and O–H groups in total. The van der Waals surface area contributed by atoms with Crippen LogP contribution in [0.2, 0.25) is 0 Å². The van der Waals surface area contributed by atoms with Crippen molar-refractivity contribution in [1.82, 2.24) is 13.9 Å². The van der Waals surface area contributed by atoms with E-state index in [-0.39, 0.29) is 24.1 Å². The third-order valence-electron chi connectivity index (χ3n) is 4.15. The number of sulfonamides is 1. The maximum atomic E-state index is 12.7. The number of pyridine rings is 1. The Labute approximate surface area is 143 Å². The number of rotatable bonds is 4. The van der Waals surface area contributed by atoms with Crippen molar-refractivity contribution >= 4 is 21.1 Å². The molecule has 1 aliphatic heterocycles. The minimum atomic E-state index is -3.65. The Morgan fingerprint density at radius 2 is 2.08 bits per heavy atom. The summed E-state index contributed by atoms with van der Waals surface area (Å²) in [5.74, 6) is 0.0813. The van der Waals surface area contributed by atoms with E-state index in [1.54, 1.807) is 24.5 Å². The highest BCUT2D eigenvalue weighted by molar-refractivity contribution is 7.89. The Hall–Kier alpha value is -2.65. The van der Waals surface area contributed by atoms with Crippen LogP contribution in [0.1, 0.15) is 0 Å². The molecule has 0 aliphatic carbocycles. The van der Waals surface area contributed by atoms with Gasteiger partial charge in [0.25, 0.3) is 0 Å². The second-order valence-corrected chi connectivity index (χ2v) is 7.75. The van der Waals surface area contributed by atoms with E-state index in [0.29, 0.717) is 16.8 Å². The van der Waals surface area contributed by atoms with Gasteiger partial charge < -0.3 is 9.15 Å². The van der Waals surface area contributed by atoms with Gasteiger partial charge >= 0.3 is 5.76 Å². The van der Waals surface area contributed by atoms with Crippen molar-refractivity contribution in [3.8, 4) is 5.75 Å². The fourth-order valence-corrected chi connectivity index (χ4v) is 4.22. The van der Waals surface area contributed by atoms with Crippen LogP contribution in [-0.4, -0.2) is 41.5 Å². The van der Waals surface area contributed by atoms with E-state index >= 15 is 0 Å². The molecule has 0 spiro atoms. The molecular formula is C16H15N3O5S. The quantitative estimate of drug-likeness (QED) is 0.687. The molecule has 3 aromatic rings. The summed E-state index contributed by atoms with van der Waals surface area (Å²) in [4.78, 5) is 15.6. The molecular weight excluding hydrogens is 346 g/mol. The molecule has 1 fully saturated rings. The number of fused-ring (bicyclic) bond motifs is 1. The van der Waals surface area contributed by atoms with Gasteiger partial charge in [0.15, 0.2) is 5.58 Å². The van der Waals surface area contributed by atoms with Crippen molar-refractivity contribution in [2.75, 3.05) is 13.1 Å². The standard InChI is InChI=1S/C16H15N3O5S/c1-18-14-7-13(4-5-15(14)24-16(18)20)25(21,22)19-9-12(10-19)23-11-3-2-6-17-8-11/h2-8,12H,9-10H2,1H3. The van der Waals surface area contributed by atoms with E-state index in [9.17, 15) is 13.2 Å². The summed E-state index contributed by atoms with van der Waals surface area (Å²) >= 11 is 0. The van der Waals surface area contributed by atoms with Gasteiger partial charge in [0.05, 0.1) is 29.7 Å². The lowest BCUT2D eigenvalue weighted by molar-refractivity contribution is 0.0759. The summed E-state index contributed by atoms with van der Waals surface area (Å²) in [5.41, 5.74) is 0.794. The molecule has 1 aromatic carbocycles. The van der Waals surface area contributed by atoms with Gasteiger partial charge in [-0.25, -0.2) is 13.2 Å². The van der Waals surface area contributed by atoms with Crippen LogP contribution in [0, 0.1) is 0 Å². The van der Waals surface area contributed by atoms with Crippen molar-refractivity contribution in [3.63, 3.8) is 0 Å². The van der Waals surface area contributed by atoms with E-state index in [0.717, 1.165) is 0 Å². The topological polar surface area (TPSA) is 94.6 Å². The molecule has 1 aliphatic rings. The van der Waals surface area contributed by atoms with E-state index in [1.807, 2.05) is 0 Å². The number of aromatic nitrogens is 2. The molecule has 0 atom stereocenters. The average molecular weight is 361 g/mol. The molecule has 0 radical (unpaired) electrons. The minimum absolute atomic E-state index is 0.122. The number of ether oxygens (including phenoxy) is 1. The van der Waals surface area contributed by atoms with Gasteiger partial charge in [-0.15, -0.1) is 0 Å².